The summed E-state index contributed by atoms with van der Waals surface area (Å²) in [5.41, 5.74) is 3.49. The number of esters is 1. The molecule has 7 heteroatoms. The van der Waals surface area contributed by atoms with Crippen molar-refractivity contribution in [2.24, 2.45) is 0 Å². The number of aryl methyl sites for hydroxylation is 2. The third kappa shape index (κ3) is 5.58. The summed E-state index contributed by atoms with van der Waals surface area (Å²) in [7, 11) is 1.35. The van der Waals surface area contributed by atoms with E-state index in [1.54, 1.807) is 11.8 Å². The number of nitrogens with zero attached hydrogens (tertiary/aromatic N) is 1. The maximum atomic E-state index is 13.2. The number of carbonyl (C=O) groups is 3. The Morgan fingerprint density at radius 1 is 1.12 bits per heavy atom. The Balaban J connectivity index is 1.56. The van der Waals surface area contributed by atoms with E-state index >= 15 is 0 Å². The van der Waals surface area contributed by atoms with Crippen molar-refractivity contribution in [3.05, 3.63) is 58.4 Å². The standard InChI is InChI=1S/C25H33N3O4/c1-4-8-20-22(25(31)32-3)17(2)26-23(20)24(30)28-15-13-19(14-16-28)27-21(29)12-11-18-9-6-5-7-10-18/h5-7,9-10,19,26H,4,8,11-16H2,1-3H3,(H,27,29). The molecule has 0 aliphatic carbocycles. The first-order chi connectivity index (χ1) is 15.4. The van der Waals surface area contributed by atoms with E-state index < -0.39 is 5.97 Å². The molecule has 1 aliphatic heterocycles. The van der Waals surface area contributed by atoms with Crippen LogP contribution in [0, 0.1) is 6.92 Å². The van der Waals surface area contributed by atoms with Gasteiger partial charge in [0.15, 0.2) is 0 Å². The van der Waals surface area contributed by atoms with Crippen LogP contribution in [-0.4, -0.2) is 53.9 Å². The van der Waals surface area contributed by atoms with E-state index in [0.717, 1.165) is 36.8 Å². The molecule has 2 heterocycles. The Kier molecular flexibility index (Phi) is 8.09. The Hall–Kier alpha value is -3.09. The highest BCUT2D eigenvalue weighted by atomic mass is 16.5. The second-order valence-electron chi connectivity index (χ2n) is 8.34. The third-order valence-electron chi connectivity index (χ3n) is 6.03. The molecule has 0 unspecified atom stereocenters. The quantitative estimate of drug-likeness (QED) is 0.617. The van der Waals surface area contributed by atoms with Crippen molar-refractivity contribution in [3.8, 4) is 0 Å². The number of H-pyrrole nitrogens is 1. The maximum absolute atomic E-state index is 13.2. The fourth-order valence-corrected chi connectivity index (χ4v) is 4.33. The van der Waals surface area contributed by atoms with Crippen LogP contribution in [0.4, 0.5) is 0 Å². The van der Waals surface area contributed by atoms with Gasteiger partial charge in [0.05, 0.1) is 12.7 Å². The fourth-order valence-electron chi connectivity index (χ4n) is 4.33. The molecule has 1 fully saturated rings. The Bertz CT molecular complexity index is 944. The summed E-state index contributed by atoms with van der Waals surface area (Å²) < 4.78 is 4.92. The molecule has 1 saturated heterocycles. The molecule has 1 aromatic heterocycles. The van der Waals surface area contributed by atoms with Crippen molar-refractivity contribution in [3.63, 3.8) is 0 Å². The Morgan fingerprint density at radius 3 is 2.44 bits per heavy atom. The van der Waals surface area contributed by atoms with E-state index in [-0.39, 0.29) is 17.9 Å². The molecule has 2 aromatic rings. The molecule has 0 bridgehead atoms. The second kappa shape index (κ2) is 11.0. The lowest BCUT2D eigenvalue weighted by molar-refractivity contribution is -0.122. The van der Waals surface area contributed by atoms with Gasteiger partial charge in [0.1, 0.15) is 5.69 Å². The first-order valence-corrected chi connectivity index (χ1v) is 11.4. The van der Waals surface area contributed by atoms with E-state index in [4.69, 9.17) is 4.74 Å². The average molecular weight is 440 g/mol. The highest BCUT2D eigenvalue weighted by Crippen LogP contribution is 2.24. The minimum atomic E-state index is -0.418. The minimum Gasteiger partial charge on any atom is -0.465 e. The van der Waals surface area contributed by atoms with Crippen molar-refractivity contribution < 1.29 is 19.1 Å². The zero-order valence-electron chi connectivity index (χ0n) is 19.2. The highest BCUT2D eigenvalue weighted by Gasteiger charge is 2.30. The molecule has 1 aliphatic rings. The Labute approximate surface area is 189 Å². The molecule has 2 amide bonds. The van der Waals surface area contributed by atoms with Gasteiger partial charge in [-0.1, -0.05) is 43.7 Å². The summed E-state index contributed by atoms with van der Waals surface area (Å²) >= 11 is 0. The summed E-state index contributed by atoms with van der Waals surface area (Å²) in [5, 5.41) is 3.11. The summed E-state index contributed by atoms with van der Waals surface area (Å²) in [6, 6.07) is 10.1. The summed E-state index contributed by atoms with van der Waals surface area (Å²) in [6.45, 7) is 4.95. The van der Waals surface area contributed by atoms with Crippen LogP contribution in [0.5, 0.6) is 0 Å². The molecular weight excluding hydrogens is 406 g/mol. The van der Waals surface area contributed by atoms with Gasteiger partial charge in [0.25, 0.3) is 5.91 Å². The van der Waals surface area contributed by atoms with Gasteiger partial charge in [-0.3, -0.25) is 9.59 Å². The van der Waals surface area contributed by atoms with Crippen LogP contribution >= 0.6 is 0 Å². The van der Waals surface area contributed by atoms with Crippen molar-refractivity contribution in [1.29, 1.82) is 0 Å². The van der Waals surface area contributed by atoms with Gasteiger partial charge in [-0.05, 0) is 43.7 Å². The topological polar surface area (TPSA) is 91.5 Å². The van der Waals surface area contributed by atoms with Gasteiger partial charge >= 0.3 is 5.97 Å². The molecule has 32 heavy (non-hydrogen) atoms. The molecule has 0 atom stereocenters. The average Bonchev–Trinajstić information content (AvgIpc) is 3.14. The first-order valence-electron chi connectivity index (χ1n) is 11.4. The van der Waals surface area contributed by atoms with Crippen LogP contribution < -0.4 is 5.32 Å². The van der Waals surface area contributed by atoms with E-state index in [2.05, 4.69) is 10.3 Å². The number of piperidine rings is 1. The monoisotopic (exact) mass is 439 g/mol. The molecule has 1 aromatic carbocycles. The first kappa shape index (κ1) is 23.6. The van der Waals surface area contributed by atoms with Crippen LogP contribution in [-0.2, 0) is 22.4 Å². The number of hydrogen-bond acceptors (Lipinski definition) is 4. The molecule has 7 nitrogen and oxygen atoms in total. The van der Waals surface area contributed by atoms with Gasteiger partial charge in [0.2, 0.25) is 5.91 Å². The lowest BCUT2D eigenvalue weighted by Crippen LogP contribution is -2.46. The number of amides is 2. The van der Waals surface area contributed by atoms with Gasteiger partial charge in [-0.15, -0.1) is 0 Å². The fraction of sp³-hybridized carbons (Fsp3) is 0.480. The van der Waals surface area contributed by atoms with Crippen LogP contribution in [0.2, 0.25) is 0 Å². The number of nitrogens with one attached hydrogen (secondary N) is 2. The molecule has 0 radical (unpaired) electrons. The van der Waals surface area contributed by atoms with Crippen molar-refractivity contribution >= 4 is 17.8 Å². The number of aromatic nitrogens is 1. The summed E-state index contributed by atoms with van der Waals surface area (Å²) in [4.78, 5) is 42.7. The van der Waals surface area contributed by atoms with Gasteiger partial charge in [-0.25, -0.2) is 4.79 Å². The van der Waals surface area contributed by atoms with Crippen molar-refractivity contribution in [2.75, 3.05) is 20.2 Å². The van der Waals surface area contributed by atoms with Gasteiger partial charge in [0, 0.05) is 31.2 Å². The number of aromatic amines is 1. The zero-order chi connectivity index (χ0) is 23.1. The van der Waals surface area contributed by atoms with E-state index in [1.807, 2.05) is 37.3 Å². The Morgan fingerprint density at radius 2 is 1.81 bits per heavy atom. The number of ether oxygens (including phenoxy) is 1. The highest BCUT2D eigenvalue weighted by molar-refractivity contribution is 6.00. The van der Waals surface area contributed by atoms with Crippen molar-refractivity contribution in [1.82, 2.24) is 15.2 Å². The second-order valence-corrected chi connectivity index (χ2v) is 8.34. The van der Waals surface area contributed by atoms with Crippen molar-refractivity contribution in [2.45, 2.75) is 58.4 Å². The number of hydrogen-bond donors (Lipinski definition) is 2. The summed E-state index contributed by atoms with van der Waals surface area (Å²) in [6.07, 6.45) is 4.06. The molecule has 3 rings (SSSR count). The third-order valence-corrected chi connectivity index (χ3v) is 6.03. The zero-order valence-corrected chi connectivity index (χ0v) is 19.2. The molecular formula is C25H33N3O4. The number of methoxy groups -OCH3 is 1. The predicted molar refractivity (Wildman–Crippen MR) is 123 cm³/mol. The number of likely N-dealkylation sites (tertiary alicyclic amines) is 1. The largest absolute Gasteiger partial charge is 0.465 e. The van der Waals surface area contributed by atoms with Crippen LogP contribution in [0.15, 0.2) is 30.3 Å². The normalized spacial score (nSPS) is 14.3. The number of carbonyl (C=O) groups excluding carboxylic acids is 3. The molecule has 172 valence electrons. The van der Waals surface area contributed by atoms with Gasteiger partial charge in [-0.2, -0.15) is 0 Å². The lowest BCUT2D eigenvalue weighted by atomic mass is 10.0. The smallest absolute Gasteiger partial charge is 0.339 e. The predicted octanol–water partition coefficient (Wildman–Crippen LogP) is 3.42. The molecule has 2 N–H and O–H groups in total. The summed E-state index contributed by atoms with van der Waals surface area (Å²) in [5.74, 6) is -0.467. The van der Waals surface area contributed by atoms with E-state index in [9.17, 15) is 14.4 Å². The van der Waals surface area contributed by atoms with Gasteiger partial charge < -0.3 is 19.9 Å². The number of benzene rings is 1. The van der Waals surface area contributed by atoms with E-state index in [1.165, 1.54) is 7.11 Å². The molecule has 0 spiro atoms. The van der Waals surface area contributed by atoms with Crippen LogP contribution in [0.1, 0.15) is 70.3 Å². The van der Waals surface area contributed by atoms with E-state index in [0.29, 0.717) is 42.9 Å². The molecule has 0 saturated carbocycles. The SMILES string of the molecule is CCCc1c(C(=O)N2CCC(NC(=O)CCc3ccccc3)CC2)[nH]c(C)c1C(=O)OC. The minimum absolute atomic E-state index is 0.0478. The number of rotatable bonds is 8. The lowest BCUT2D eigenvalue weighted by Gasteiger charge is -2.32. The van der Waals surface area contributed by atoms with Crippen LogP contribution in [0.3, 0.4) is 0 Å². The van der Waals surface area contributed by atoms with Crippen LogP contribution in [0.25, 0.3) is 0 Å². The maximum Gasteiger partial charge on any atom is 0.339 e.